The molecule has 1 aliphatic heterocycles. The molecule has 0 spiro atoms. The number of nitrogen functional groups attached to an aromatic ring is 1. The van der Waals surface area contributed by atoms with Gasteiger partial charge < -0.3 is 15.2 Å². The van der Waals surface area contributed by atoms with E-state index < -0.39 is 29.5 Å². The predicted octanol–water partition coefficient (Wildman–Crippen LogP) is 5.44. The third-order valence-electron chi connectivity index (χ3n) is 7.00. The molecule has 3 heterocycles. The van der Waals surface area contributed by atoms with Crippen LogP contribution in [0.3, 0.4) is 0 Å². The van der Waals surface area contributed by atoms with Gasteiger partial charge in [-0.15, -0.1) is 0 Å². The van der Waals surface area contributed by atoms with E-state index >= 15 is 4.39 Å². The van der Waals surface area contributed by atoms with Crippen LogP contribution in [0.2, 0.25) is 0 Å². The molecule has 1 aliphatic carbocycles. The first-order valence-corrected chi connectivity index (χ1v) is 11.8. The minimum absolute atomic E-state index is 0.0631. The number of amides is 2. The zero-order chi connectivity index (χ0) is 25.1. The summed E-state index contributed by atoms with van der Waals surface area (Å²) in [5.74, 6) is -1.45. The quantitative estimate of drug-likeness (QED) is 0.403. The second-order valence-electron chi connectivity index (χ2n) is 9.16. The largest absolute Gasteiger partial charge is 0.383 e. The summed E-state index contributed by atoms with van der Waals surface area (Å²) in [4.78, 5) is 24.5. The van der Waals surface area contributed by atoms with Crippen LogP contribution in [0.15, 0.2) is 48.9 Å². The van der Waals surface area contributed by atoms with Gasteiger partial charge in [0.25, 0.3) is 0 Å². The molecule has 2 aromatic heterocycles. The van der Waals surface area contributed by atoms with E-state index in [2.05, 4.69) is 9.97 Å². The fourth-order valence-corrected chi connectivity index (χ4v) is 5.08. The topological polar surface area (TPSA) is 80.3 Å². The third kappa shape index (κ3) is 3.47. The van der Waals surface area contributed by atoms with E-state index in [1.54, 1.807) is 19.1 Å². The van der Waals surface area contributed by atoms with Gasteiger partial charge in [-0.05, 0) is 56.2 Å². The number of aromatic nitrogens is 3. The van der Waals surface area contributed by atoms with Crippen LogP contribution in [0.4, 0.5) is 29.5 Å². The highest BCUT2D eigenvalue weighted by molar-refractivity contribution is 6.01. The van der Waals surface area contributed by atoms with Gasteiger partial charge in [-0.3, -0.25) is 4.90 Å². The van der Waals surface area contributed by atoms with Gasteiger partial charge in [-0.1, -0.05) is 0 Å². The number of fused-ring (bicyclic) bond motifs is 1. The van der Waals surface area contributed by atoms with Crippen LogP contribution in [-0.4, -0.2) is 38.6 Å². The van der Waals surface area contributed by atoms with Gasteiger partial charge in [0, 0.05) is 41.2 Å². The first-order valence-electron chi connectivity index (χ1n) is 11.8. The normalized spacial score (nSPS) is 18.0. The van der Waals surface area contributed by atoms with E-state index in [0.717, 1.165) is 31.0 Å². The lowest BCUT2D eigenvalue weighted by atomic mass is 10.0. The molecule has 2 aromatic carbocycles. The van der Waals surface area contributed by atoms with Crippen molar-refractivity contribution in [1.29, 1.82) is 0 Å². The Morgan fingerprint density at radius 2 is 1.83 bits per heavy atom. The Balaban J connectivity index is 1.38. The molecule has 6 rings (SSSR count). The summed E-state index contributed by atoms with van der Waals surface area (Å²) >= 11 is 0. The maximum atomic E-state index is 15.6. The van der Waals surface area contributed by atoms with Crippen molar-refractivity contribution in [3.8, 4) is 11.1 Å². The summed E-state index contributed by atoms with van der Waals surface area (Å²) in [7, 11) is 0. The maximum Gasteiger partial charge on any atom is 0.325 e. The predicted molar refractivity (Wildman–Crippen MR) is 130 cm³/mol. The Labute approximate surface area is 205 Å². The summed E-state index contributed by atoms with van der Waals surface area (Å²) in [5, 5.41) is 0.590. The van der Waals surface area contributed by atoms with E-state index in [1.807, 2.05) is 10.8 Å². The van der Waals surface area contributed by atoms with Gasteiger partial charge in [0.2, 0.25) is 0 Å². The molecule has 1 unspecified atom stereocenters. The van der Waals surface area contributed by atoms with Crippen LogP contribution in [0.25, 0.3) is 22.2 Å². The number of hydrogen-bond donors (Lipinski definition) is 1. The molecule has 2 aliphatic rings. The molecular formula is C26H23F3N6O. The molecule has 7 nitrogen and oxygen atoms in total. The van der Waals surface area contributed by atoms with Gasteiger partial charge in [0.1, 0.15) is 35.2 Å². The highest BCUT2D eigenvalue weighted by atomic mass is 19.1. The van der Waals surface area contributed by atoms with Crippen molar-refractivity contribution in [2.45, 2.75) is 31.8 Å². The number of carbonyl (C=O) groups excluding carboxylic acids is 1. The fourth-order valence-electron chi connectivity index (χ4n) is 5.08. The number of rotatable bonds is 5. The number of nitrogens with zero attached hydrogens (tertiary/aromatic N) is 5. The Hall–Kier alpha value is -4.08. The van der Waals surface area contributed by atoms with Gasteiger partial charge >= 0.3 is 6.03 Å². The maximum absolute atomic E-state index is 15.6. The van der Waals surface area contributed by atoms with Crippen molar-refractivity contribution in [3.05, 3.63) is 71.9 Å². The summed E-state index contributed by atoms with van der Waals surface area (Å²) < 4.78 is 45.9. The molecule has 2 fully saturated rings. The summed E-state index contributed by atoms with van der Waals surface area (Å²) in [6.45, 7) is 2.11. The number of halogens is 3. The number of urea groups is 1. The highest BCUT2D eigenvalue weighted by Gasteiger charge is 2.39. The number of carbonyl (C=O) groups is 1. The van der Waals surface area contributed by atoms with Gasteiger partial charge in [0.05, 0.1) is 18.0 Å². The van der Waals surface area contributed by atoms with Gasteiger partial charge in [-0.2, -0.15) is 0 Å². The van der Waals surface area contributed by atoms with E-state index in [4.69, 9.17) is 5.73 Å². The van der Waals surface area contributed by atoms with Crippen molar-refractivity contribution in [2.75, 3.05) is 23.7 Å². The smallest absolute Gasteiger partial charge is 0.325 e. The molecular weight excluding hydrogens is 469 g/mol. The Bertz CT molecular complexity index is 1520. The van der Waals surface area contributed by atoms with Crippen molar-refractivity contribution in [2.24, 2.45) is 0 Å². The molecule has 1 saturated heterocycles. The molecule has 2 amide bonds. The first-order chi connectivity index (χ1) is 17.4. The van der Waals surface area contributed by atoms with Crippen molar-refractivity contribution >= 4 is 28.6 Å². The Morgan fingerprint density at radius 3 is 2.56 bits per heavy atom. The minimum atomic E-state index is -0.700. The molecule has 0 radical (unpaired) electrons. The summed E-state index contributed by atoms with van der Waals surface area (Å²) in [5.41, 5.74) is 8.13. The van der Waals surface area contributed by atoms with E-state index in [-0.39, 0.29) is 24.5 Å². The van der Waals surface area contributed by atoms with Crippen LogP contribution in [0, 0.1) is 17.5 Å². The van der Waals surface area contributed by atoms with Crippen LogP contribution < -0.4 is 10.6 Å². The molecule has 36 heavy (non-hydrogen) atoms. The molecule has 4 aromatic rings. The fraction of sp³-hybridized carbons (Fsp3) is 0.269. The van der Waals surface area contributed by atoms with Crippen LogP contribution in [0.5, 0.6) is 0 Å². The van der Waals surface area contributed by atoms with E-state index in [9.17, 15) is 13.6 Å². The molecule has 2 N–H and O–H groups in total. The molecule has 1 atom stereocenters. The second-order valence-corrected chi connectivity index (χ2v) is 9.16. The van der Waals surface area contributed by atoms with Gasteiger partial charge in [-0.25, -0.2) is 27.9 Å². The lowest BCUT2D eigenvalue weighted by molar-refractivity contribution is 0.208. The molecule has 184 valence electrons. The number of likely N-dealkylation sites (N-methyl/N-ethyl adjacent to an activating group) is 1. The average molecular weight is 493 g/mol. The highest BCUT2D eigenvalue weighted by Crippen LogP contribution is 2.43. The van der Waals surface area contributed by atoms with Crippen LogP contribution >= 0.6 is 0 Å². The molecule has 1 saturated carbocycles. The molecule has 10 heteroatoms. The second kappa shape index (κ2) is 8.25. The van der Waals surface area contributed by atoms with E-state index in [0.29, 0.717) is 33.9 Å². The number of benzene rings is 2. The van der Waals surface area contributed by atoms with Crippen molar-refractivity contribution in [3.63, 3.8) is 0 Å². The van der Waals surface area contributed by atoms with Crippen molar-refractivity contribution in [1.82, 2.24) is 19.4 Å². The van der Waals surface area contributed by atoms with Crippen molar-refractivity contribution < 1.29 is 18.0 Å². The van der Waals surface area contributed by atoms with Crippen LogP contribution in [0.1, 0.15) is 37.4 Å². The Morgan fingerprint density at radius 1 is 1.03 bits per heavy atom. The van der Waals surface area contributed by atoms with E-state index in [1.165, 1.54) is 22.2 Å². The lowest BCUT2D eigenvalue weighted by Crippen LogP contribution is -2.32. The zero-order valence-electron chi connectivity index (χ0n) is 19.5. The first kappa shape index (κ1) is 22.4. The third-order valence-corrected chi connectivity index (χ3v) is 7.00. The van der Waals surface area contributed by atoms with Gasteiger partial charge in [0.15, 0.2) is 0 Å². The average Bonchev–Trinajstić information content (AvgIpc) is 3.55. The number of anilines is 2. The zero-order valence-corrected chi connectivity index (χ0v) is 19.5. The number of nitrogens with two attached hydrogens (primary N) is 1. The lowest BCUT2D eigenvalue weighted by Gasteiger charge is -2.22. The summed E-state index contributed by atoms with van der Waals surface area (Å²) in [6.07, 6.45) is 5.30. The SMILES string of the molecule is CCN1C(=O)N(c2ccc(-c3cn(C4CC4)c4ncnc(N)c34)c(F)c2)CC1c1cc(F)ccc1F. The Kier molecular flexibility index (Phi) is 5.13. The standard InChI is InChI=1S/C26H23F3N6O/c1-2-33-22(18-9-14(27)3-8-20(18)28)12-35(26(33)36)16-6-7-17(21(29)10-16)19-11-34(15-4-5-15)25-23(19)24(30)31-13-32-25/h3,6-11,13,15,22H,2,4-5,12H2,1H3,(H2,30,31,32). The number of hydrogen-bond acceptors (Lipinski definition) is 4. The summed E-state index contributed by atoms with van der Waals surface area (Å²) in [6, 6.07) is 6.92. The van der Waals surface area contributed by atoms with Crippen LogP contribution in [-0.2, 0) is 0 Å². The monoisotopic (exact) mass is 492 g/mol. The minimum Gasteiger partial charge on any atom is -0.383 e. The molecule has 0 bridgehead atoms.